The minimum absolute atomic E-state index is 0.109. The molecule has 0 spiro atoms. The zero-order valence-electron chi connectivity index (χ0n) is 10.5. The Kier molecular flexibility index (Phi) is 3.30. The topological polar surface area (TPSA) is 74.4 Å². The molecular formula is C12H15ClN4O2. The lowest BCUT2D eigenvalue weighted by atomic mass is 10.0. The van der Waals surface area contributed by atoms with Gasteiger partial charge in [0.1, 0.15) is 5.15 Å². The number of halogens is 1. The summed E-state index contributed by atoms with van der Waals surface area (Å²) in [5, 5.41) is 13.3. The van der Waals surface area contributed by atoms with E-state index < -0.39 is 0 Å². The van der Waals surface area contributed by atoms with E-state index in [1.165, 1.54) is 0 Å². The smallest absolute Gasteiger partial charge is 0.297 e. The quantitative estimate of drug-likeness (QED) is 0.810. The Balaban J connectivity index is 1.77. The fraction of sp³-hybridized carbons (Fsp3) is 0.500. The summed E-state index contributed by atoms with van der Waals surface area (Å²) in [7, 11) is 1.98. The standard InChI is InChI=1S/C12H15ClN4O2/c1-17-5-7(4-8(18)6-17)14-12-16-11-9(19-12)2-3-10(13)15-11/h2-3,7-8,18H,4-6H2,1H3,(H,14,15,16). The van der Waals surface area contributed by atoms with Crippen molar-refractivity contribution in [3.8, 4) is 0 Å². The number of piperidine rings is 1. The van der Waals surface area contributed by atoms with Crippen LogP contribution in [0.1, 0.15) is 6.42 Å². The number of pyridine rings is 1. The number of anilines is 1. The number of fused-ring (bicyclic) bond motifs is 1. The molecule has 1 fully saturated rings. The number of aliphatic hydroxyl groups is 1. The van der Waals surface area contributed by atoms with Crippen molar-refractivity contribution in [3.63, 3.8) is 0 Å². The molecule has 3 heterocycles. The van der Waals surface area contributed by atoms with Gasteiger partial charge in [-0.3, -0.25) is 0 Å². The minimum Gasteiger partial charge on any atom is -0.422 e. The molecule has 102 valence electrons. The fourth-order valence-corrected chi connectivity index (χ4v) is 2.57. The number of nitrogens with zero attached hydrogens (tertiary/aromatic N) is 3. The summed E-state index contributed by atoms with van der Waals surface area (Å²) in [4.78, 5) is 10.4. The van der Waals surface area contributed by atoms with Crippen LogP contribution in [0, 0.1) is 0 Å². The zero-order valence-corrected chi connectivity index (χ0v) is 11.3. The van der Waals surface area contributed by atoms with E-state index in [4.69, 9.17) is 16.0 Å². The van der Waals surface area contributed by atoms with Gasteiger partial charge in [0, 0.05) is 19.1 Å². The molecule has 1 saturated heterocycles. The van der Waals surface area contributed by atoms with E-state index in [0.717, 1.165) is 6.54 Å². The van der Waals surface area contributed by atoms with E-state index >= 15 is 0 Å². The molecular weight excluding hydrogens is 268 g/mol. The molecule has 2 aromatic rings. The molecule has 0 radical (unpaired) electrons. The van der Waals surface area contributed by atoms with Crippen LogP contribution < -0.4 is 5.32 Å². The van der Waals surface area contributed by atoms with Crippen LogP contribution in [0.5, 0.6) is 0 Å². The number of aromatic nitrogens is 2. The number of nitrogens with one attached hydrogen (secondary N) is 1. The number of oxazole rings is 1. The van der Waals surface area contributed by atoms with E-state index in [1.807, 2.05) is 7.05 Å². The molecule has 1 aliphatic heterocycles. The summed E-state index contributed by atoms with van der Waals surface area (Å²) in [6.07, 6.45) is 0.352. The minimum atomic E-state index is -0.326. The van der Waals surface area contributed by atoms with Crippen molar-refractivity contribution in [3.05, 3.63) is 17.3 Å². The van der Waals surface area contributed by atoms with Crippen molar-refractivity contribution in [2.24, 2.45) is 0 Å². The maximum absolute atomic E-state index is 9.74. The number of aliphatic hydroxyl groups excluding tert-OH is 1. The zero-order chi connectivity index (χ0) is 13.4. The van der Waals surface area contributed by atoms with Crippen LogP contribution in [0.25, 0.3) is 11.2 Å². The SMILES string of the molecule is CN1CC(O)CC(Nc2nc3nc(Cl)ccc3o2)C1. The van der Waals surface area contributed by atoms with E-state index in [0.29, 0.717) is 35.4 Å². The van der Waals surface area contributed by atoms with Crippen LogP contribution in [0.2, 0.25) is 5.15 Å². The maximum Gasteiger partial charge on any atom is 0.297 e. The highest BCUT2D eigenvalue weighted by atomic mass is 35.5. The van der Waals surface area contributed by atoms with Gasteiger partial charge in [0.05, 0.1) is 6.10 Å². The Bertz CT molecular complexity index is 578. The second-order valence-electron chi connectivity index (χ2n) is 4.93. The molecule has 3 rings (SSSR count). The molecule has 0 aromatic carbocycles. The highest BCUT2D eigenvalue weighted by Gasteiger charge is 2.24. The van der Waals surface area contributed by atoms with Gasteiger partial charge in [0.25, 0.3) is 6.01 Å². The summed E-state index contributed by atoms with van der Waals surface area (Å²) >= 11 is 5.81. The van der Waals surface area contributed by atoms with Gasteiger partial charge in [-0.1, -0.05) is 11.6 Å². The Labute approximate surface area is 115 Å². The predicted octanol–water partition coefficient (Wildman–Crippen LogP) is 1.35. The van der Waals surface area contributed by atoms with Crippen molar-refractivity contribution >= 4 is 28.8 Å². The number of hydrogen-bond acceptors (Lipinski definition) is 6. The average molecular weight is 283 g/mol. The van der Waals surface area contributed by atoms with Gasteiger partial charge < -0.3 is 19.7 Å². The van der Waals surface area contributed by atoms with Gasteiger partial charge >= 0.3 is 0 Å². The Morgan fingerprint density at radius 1 is 1.42 bits per heavy atom. The summed E-state index contributed by atoms with van der Waals surface area (Å²) in [5.74, 6) is 0. The van der Waals surface area contributed by atoms with E-state index in [-0.39, 0.29) is 12.1 Å². The Hall–Kier alpha value is -1.37. The molecule has 2 aromatic heterocycles. The lowest BCUT2D eigenvalue weighted by Crippen LogP contribution is -2.46. The van der Waals surface area contributed by atoms with E-state index in [1.54, 1.807) is 12.1 Å². The van der Waals surface area contributed by atoms with Crippen molar-refractivity contribution in [1.29, 1.82) is 0 Å². The van der Waals surface area contributed by atoms with Crippen molar-refractivity contribution < 1.29 is 9.52 Å². The molecule has 2 unspecified atom stereocenters. The molecule has 1 aliphatic rings. The fourth-order valence-electron chi connectivity index (χ4n) is 2.42. The van der Waals surface area contributed by atoms with Crippen LogP contribution in [0.15, 0.2) is 16.5 Å². The third kappa shape index (κ3) is 2.80. The molecule has 6 nitrogen and oxygen atoms in total. The predicted molar refractivity (Wildman–Crippen MR) is 72.3 cm³/mol. The first-order valence-corrected chi connectivity index (χ1v) is 6.54. The van der Waals surface area contributed by atoms with Crippen LogP contribution in [-0.4, -0.2) is 52.3 Å². The van der Waals surface area contributed by atoms with Crippen molar-refractivity contribution in [1.82, 2.24) is 14.9 Å². The number of likely N-dealkylation sites (tertiary alicyclic amines) is 1. The number of β-amino-alcohol motifs (C(OH)–C–C–N with tert-alkyl or cyclic N) is 1. The van der Waals surface area contributed by atoms with Crippen LogP contribution in [0.4, 0.5) is 6.01 Å². The molecule has 0 aliphatic carbocycles. The second-order valence-corrected chi connectivity index (χ2v) is 5.31. The van der Waals surface area contributed by atoms with Crippen LogP contribution in [0.3, 0.4) is 0 Å². The molecule has 19 heavy (non-hydrogen) atoms. The van der Waals surface area contributed by atoms with Crippen molar-refractivity contribution in [2.75, 3.05) is 25.5 Å². The van der Waals surface area contributed by atoms with Gasteiger partial charge in [-0.25, -0.2) is 4.98 Å². The molecule has 7 heteroatoms. The summed E-state index contributed by atoms with van der Waals surface area (Å²) < 4.78 is 5.55. The molecule has 0 saturated carbocycles. The number of rotatable bonds is 2. The molecule has 2 atom stereocenters. The highest BCUT2D eigenvalue weighted by molar-refractivity contribution is 6.29. The van der Waals surface area contributed by atoms with Crippen molar-refractivity contribution in [2.45, 2.75) is 18.6 Å². The second kappa shape index (κ2) is 4.96. The molecule has 0 amide bonds. The molecule has 0 bridgehead atoms. The van der Waals surface area contributed by atoms with Gasteiger partial charge in [0.15, 0.2) is 5.58 Å². The monoisotopic (exact) mass is 282 g/mol. The third-order valence-corrected chi connectivity index (χ3v) is 3.37. The average Bonchev–Trinajstić information content (AvgIpc) is 2.68. The summed E-state index contributed by atoms with van der Waals surface area (Å²) in [6, 6.07) is 3.93. The summed E-state index contributed by atoms with van der Waals surface area (Å²) in [6.45, 7) is 1.53. The number of likely N-dealkylation sites (N-methyl/N-ethyl adjacent to an activating group) is 1. The lowest BCUT2D eigenvalue weighted by Gasteiger charge is -2.33. The Morgan fingerprint density at radius 3 is 3.05 bits per heavy atom. The molecule has 2 N–H and O–H groups in total. The first-order valence-electron chi connectivity index (χ1n) is 6.16. The van der Waals surface area contributed by atoms with E-state index in [2.05, 4.69) is 20.2 Å². The van der Waals surface area contributed by atoms with Crippen LogP contribution >= 0.6 is 11.6 Å². The Morgan fingerprint density at radius 2 is 2.26 bits per heavy atom. The third-order valence-electron chi connectivity index (χ3n) is 3.16. The van der Waals surface area contributed by atoms with Gasteiger partial charge in [0.2, 0.25) is 5.65 Å². The highest BCUT2D eigenvalue weighted by Crippen LogP contribution is 2.21. The largest absolute Gasteiger partial charge is 0.422 e. The lowest BCUT2D eigenvalue weighted by molar-refractivity contribution is 0.0775. The van der Waals surface area contributed by atoms with Gasteiger partial charge in [-0.15, -0.1) is 0 Å². The van der Waals surface area contributed by atoms with Gasteiger partial charge in [-0.2, -0.15) is 4.98 Å². The maximum atomic E-state index is 9.74. The van der Waals surface area contributed by atoms with Gasteiger partial charge in [-0.05, 0) is 25.6 Å². The number of hydrogen-bond donors (Lipinski definition) is 2. The first-order chi connectivity index (χ1) is 9.10. The normalized spacial score (nSPS) is 24.8. The van der Waals surface area contributed by atoms with Crippen LogP contribution in [-0.2, 0) is 0 Å². The first kappa shape index (κ1) is 12.7. The summed E-state index contributed by atoms with van der Waals surface area (Å²) in [5.41, 5.74) is 1.08. The van der Waals surface area contributed by atoms with E-state index in [9.17, 15) is 5.11 Å².